The lowest BCUT2D eigenvalue weighted by Crippen LogP contribution is -2.33. The van der Waals surface area contributed by atoms with Crippen LogP contribution in [0.4, 0.5) is 18.0 Å². The fourth-order valence-electron chi connectivity index (χ4n) is 2.36. The molecule has 2 amide bonds. The molecule has 4 N–H and O–H groups in total. The standard InChI is InChI=1S/C15H16F3N3O3/c1-14(2,12(19)22)6-8-7-21(13(20)23)11-5-9(3-4-10(8)11)24-15(16,17)18/h3-5,7H,6H2,1-2H3,(H2,19,22)(H2,20,23). The first-order valence-electron chi connectivity index (χ1n) is 6.90. The van der Waals surface area contributed by atoms with Crippen LogP contribution in [0.2, 0.25) is 0 Å². The van der Waals surface area contributed by atoms with Crippen molar-refractivity contribution in [1.82, 2.24) is 4.57 Å². The van der Waals surface area contributed by atoms with E-state index >= 15 is 0 Å². The number of primary amides is 2. The second-order valence-corrected chi connectivity index (χ2v) is 6.01. The van der Waals surface area contributed by atoms with E-state index in [1.807, 2.05) is 0 Å². The molecular formula is C15H16F3N3O3. The topological polar surface area (TPSA) is 100 Å². The third-order valence-electron chi connectivity index (χ3n) is 3.63. The van der Waals surface area contributed by atoms with Crippen molar-refractivity contribution in [1.29, 1.82) is 0 Å². The van der Waals surface area contributed by atoms with E-state index in [4.69, 9.17) is 11.5 Å². The molecule has 0 aliphatic carbocycles. The van der Waals surface area contributed by atoms with Crippen LogP contribution in [-0.4, -0.2) is 22.9 Å². The van der Waals surface area contributed by atoms with Gasteiger partial charge in [-0.15, -0.1) is 13.2 Å². The van der Waals surface area contributed by atoms with Gasteiger partial charge in [0.15, 0.2) is 0 Å². The van der Waals surface area contributed by atoms with Crippen LogP contribution in [-0.2, 0) is 11.2 Å². The molecule has 0 radical (unpaired) electrons. The summed E-state index contributed by atoms with van der Waals surface area (Å²) < 4.78 is 41.9. The minimum absolute atomic E-state index is 0.152. The number of carbonyl (C=O) groups is 2. The Kier molecular flexibility index (Phi) is 4.21. The molecule has 0 aliphatic rings. The number of carbonyl (C=O) groups excluding carboxylic acids is 2. The number of ether oxygens (including phenoxy) is 1. The molecule has 1 heterocycles. The number of nitrogens with zero attached hydrogens (tertiary/aromatic N) is 1. The molecule has 0 saturated heterocycles. The fourth-order valence-corrected chi connectivity index (χ4v) is 2.36. The lowest BCUT2D eigenvalue weighted by Gasteiger charge is -2.19. The number of amides is 2. The van der Waals surface area contributed by atoms with E-state index in [0.717, 1.165) is 16.7 Å². The molecule has 6 nitrogen and oxygen atoms in total. The van der Waals surface area contributed by atoms with E-state index in [1.54, 1.807) is 13.8 Å². The van der Waals surface area contributed by atoms with Gasteiger partial charge in [-0.25, -0.2) is 4.79 Å². The molecule has 0 spiro atoms. The van der Waals surface area contributed by atoms with Gasteiger partial charge in [-0.2, -0.15) is 0 Å². The minimum atomic E-state index is -4.85. The van der Waals surface area contributed by atoms with Crippen LogP contribution in [0, 0.1) is 5.41 Å². The number of aromatic nitrogens is 1. The van der Waals surface area contributed by atoms with E-state index in [1.165, 1.54) is 12.3 Å². The van der Waals surface area contributed by atoms with Crippen molar-refractivity contribution in [2.45, 2.75) is 26.6 Å². The predicted octanol–water partition coefficient (Wildman–Crippen LogP) is 2.52. The van der Waals surface area contributed by atoms with Crippen LogP contribution in [0.1, 0.15) is 19.4 Å². The van der Waals surface area contributed by atoms with Crippen molar-refractivity contribution in [3.8, 4) is 5.75 Å². The maximum Gasteiger partial charge on any atom is 0.573 e. The van der Waals surface area contributed by atoms with Crippen molar-refractivity contribution in [2.24, 2.45) is 16.9 Å². The number of hydrogen-bond acceptors (Lipinski definition) is 3. The number of rotatable bonds is 4. The average Bonchev–Trinajstić information content (AvgIpc) is 2.74. The summed E-state index contributed by atoms with van der Waals surface area (Å²) in [6.07, 6.45) is -3.28. The second kappa shape index (κ2) is 5.73. The van der Waals surface area contributed by atoms with E-state index in [9.17, 15) is 22.8 Å². The van der Waals surface area contributed by atoms with Crippen molar-refractivity contribution in [2.75, 3.05) is 0 Å². The number of fused-ring (bicyclic) bond motifs is 1. The third-order valence-corrected chi connectivity index (χ3v) is 3.63. The molecule has 0 saturated carbocycles. The molecule has 24 heavy (non-hydrogen) atoms. The number of hydrogen-bond donors (Lipinski definition) is 2. The van der Waals surface area contributed by atoms with Crippen molar-refractivity contribution >= 4 is 22.8 Å². The van der Waals surface area contributed by atoms with E-state index in [-0.39, 0.29) is 11.9 Å². The van der Waals surface area contributed by atoms with Gasteiger partial charge < -0.3 is 16.2 Å². The van der Waals surface area contributed by atoms with Gasteiger partial charge in [0.25, 0.3) is 0 Å². The Balaban J connectivity index is 2.55. The summed E-state index contributed by atoms with van der Waals surface area (Å²) in [5, 5.41) is 0.484. The molecule has 9 heteroatoms. The predicted molar refractivity (Wildman–Crippen MR) is 80.3 cm³/mol. The lowest BCUT2D eigenvalue weighted by molar-refractivity contribution is -0.274. The van der Waals surface area contributed by atoms with Gasteiger partial charge in [0.1, 0.15) is 5.75 Å². The highest BCUT2D eigenvalue weighted by Crippen LogP contribution is 2.32. The normalized spacial score (nSPS) is 12.4. The summed E-state index contributed by atoms with van der Waals surface area (Å²) in [5.74, 6) is -1.02. The summed E-state index contributed by atoms with van der Waals surface area (Å²) in [7, 11) is 0. The maximum atomic E-state index is 12.3. The molecule has 0 bridgehead atoms. The Morgan fingerprint density at radius 1 is 1.21 bits per heavy atom. The zero-order chi connectivity index (χ0) is 18.3. The molecule has 0 fully saturated rings. The first kappa shape index (κ1) is 17.6. The van der Waals surface area contributed by atoms with Gasteiger partial charge in [-0.3, -0.25) is 9.36 Å². The van der Waals surface area contributed by atoms with E-state index < -0.39 is 29.5 Å². The zero-order valence-electron chi connectivity index (χ0n) is 13.0. The van der Waals surface area contributed by atoms with E-state index in [2.05, 4.69) is 4.74 Å². The number of benzene rings is 1. The van der Waals surface area contributed by atoms with Gasteiger partial charge in [0.2, 0.25) is 5.91 Å². The molecule has 0 unspecified atom stereocenters. The molecular weight excluding hydrogens is 327 g/mol. The molecule has 0 atom stereocenters. The highest BCUT2D eigenvalue weighted by Gasteiger charge is 2.32. The molecule has 2 rings (SSSR count). The van der Waals surface area contributed by atoms with Gasteiger partial charge in [-0.1, -0.05) is 13.8 Å². The fraction of sp³-hybridized carbons (Fsp3) is 0.333. The molecule has 1 aromatic carbocycles. The summed E-state index contributed by atoms with van der Waals surface area (Å²) >= 11 is 0. The first-order valence-corrected chi connectivity index (χ1v) is 6.90. The monoisotopic (exact) mass is 343 g/mol. The first-order chi connectivity index (χ1) is 10.9. The van der Waals surface area contributed by atoms with Gasteiger partial charge in [0, 0.05) is 23.1 Å². The van der Waals surface area contributed by atoms with Crippen LogP contribution in [0.5, 0.6) is 5.75 Å². The Morgan fingerprint density at radius 2 is 1.83 bits per heavy atom. The van der Waals surface area contributed by atoms with Crippen LogP contribution in [0.25, 0.3) is 10.9 Å². The third kappa shape index (κ3) is 3.61. The molecule has 0 aliphatic heterocycles. The average molecular weight is 343 g/mol. The van der Waals surface area contributed by atoms with E-state index in [0.29, 0.717) is 10.9 Å². The Hall–Kier alpha value is -2.71. The van der Waals surface area contributed by atoms with Gasteiger partial charge in [-0.05, 0) is 24.1 Å². The Bertz CT molecular complexity index is 809. The summed E-state index contributed by atoms with van der Waals surface area (Å²) in [4.78, 5) is 23.0. The van der Waals surface area contributed by atoms with Crippen LogP contribution in [0.15, 0.2) is 24.4 Å². The Labute approximate surface area is 135 Å². The molecule has 1 aromatic heterocycles. The van der Waals surface area contributed by atoms with Crippen LogP contribution in [0.3, 0.4) is 0 Å². The maximum absolute atomic E-state index is 12.3. The summed E-state index contributed by atoms with van der Waals surface area (Å²) in [5.41, 5.74) is 10.4. The Morgan fingerprint density at radius 3 is 2.33 bits per heavy atom. The smallest absolute Gasteiger partial charge is 0.406 e. The van der Waals surface area contributed by atoms with Crippen LogP contribution < -0.4 is 16.2 Å². The van der Waals surface area contributed by atoms with Gasteiger partial charge >= 0.3 is 12.4 Å². The number of nitrogens with two attached hydrogens (primary N) is 2. The SMILES string of the molecule is CC(C)(Cc1cn(C(N)=O)c2cc(OC(F)(F)F)ccc12)C(N)=O. The second-order valence-electron chi connectivity index (χ2n) is 6.01. The summed E-state index contributed by atoms with van der Waals surface area (Å²) in [6, 6.07) is 2.70. The number of halogens is 3. The van der Waals surface area contributed by atoms with Crippen molar-refractivity contribution < 1.29 is 27.5 Å². The lowest BCUT2D eigenvalue weighted by atomic mass is 9.85. The van der Waals surface area contributed by atoms with Crippen LogP contribution >= 0.6 is 0 Å². The summed E-state index contributed by atoms with van der Waals surface area (Å²) in [6.45, 7) is 3.26. The highest BCUT2D eigenvalue weighted by molar-refractivity contribution is 5.94. The molecule has 130 valence electrons. The quantitative estimate of drug-likeness (QED) is 0.892. The van der Waals surface area contributed by atoms with Gasteiger partial charge in [0.05, 0.1) is 5.52 Å². The van der Waals surface area contributed by atoms with Crippen molar-refractivity contribution in [3.63, 3.8) is 0 Å². The minimum Gasteiger partial charge on any atom is -0.406 e. The number of alkyl halides is 3. The largest absolute Gasteiger partial charge is 0.573 e. The highest BCUT2D eigenvalue weighted by atomic mass is 19.4. The molecule has 2 aromatic rings. The van der Waals surface area contributed by atoms with Crippen molar-refractivity contribution in [3.05, 3.63) is 30.0 Å². The zero-order valence-corrected chi connectivity index (χ0v) is 13.0.